The fourth-order valence-electron chi connectivity index (χ4n) is 5.28. The van der Waals surface area contributed by atoms with E-state index in [0.717, 1.165) is 47.1 Å². The SMILES string of the molecule is Cc1cccc2nc(NC(=O)c3ccnc(-c4ccccc4)c3)n([C@@H]3CCCCN(C(=O)C=CCN(C)C)C3)c12. The van der Waals surface area contributed by atoms with Crippen LogP contribution in [-0.4, -0.2) is 69.9 Å². The van der Waals surface area contributed by atoms with E-state index in [0.29, 0.717) is 31.1 Å². The van der Waals surface area contributed by atoms with Gasteiger partial charge in [-0.25, -0.2) is 4.98 Å². The average Bonchev–Trinajstić information content (AvgIpc) is 3.15. The van der Waals surface area contributed by atoms with Crippen molar-refractivity contribution in [1.29, 1.82) is 0 Å². The summed E-state index contributed by atoms with van der Waals surface area (Å²) in [5, 5.41) is 3.09. The monoisotopic (exact) mass is 536 g/mol. The summed E-state index contributed by atoms with van der Waals surface area (Å²) in [6.07, 6.45) is 8.05. The summed E-state index contributed by atoms with van der Waals surface area (Å²) in [6.45, 7) is 4.05. The van der Waals surface area contributed by atoms with Crippen molar-refractivity contribution in [1.82, 2.24) is 24.3 Å². The van der Waals surface area contributed by atoms with Crippen LogP contribution in [0, 0.1) is 6.92 Å². The molecule has 2 aromatic carbocycles. The number of nitrogens with one attached hydrogen (secondary N) is 1. The maximum atomic E-state index is 13.5. The van der Waals surface area contributed by atoms with Crippen molar-refractivity contribution >= 4 is 28.8 Å². The van der Waals surface area contributed by atoms with E-state index < -0.39 is 0 Å². The maximum absolute atomic E-state index is 13.5. The molecule has 206 valence electrons. The number of pyridine rings is 1. The van der Waals surface area contributed by atoms with Crippen LogP contribution in [0.3, 0.4) is 0 Å². The Labute approximate surface area is 235 Å². The van der Waals surface area contributed by atoms with E-state index in [1.807, 2.05) is 72.4 Å². The molecule has 0 spiro atoms. The summed E-state index contributed by atoms with van der Waals surface area (Å²) in [6, 6.07) is 19.3. The van der Waals surface area contributed by atoms with Gasteiger partial charge in [-0.1, -0.05) is 48.5 Å². The number of aryl methyl sites for hydroxylation is 1. The molecule has 0 bridgehead atoms. The summed E-state index contributed by atoms with van der Waals surface area (Å²) >= 11 is 0. The molecule has 5 rings (SSSR count). The van der Waals surface area contributed by atoms with Crippen molar-refractivity contribution in [3.63, 3.8) is 0 Å². The number of aromatic nitrogens is 3. The Kier molecular flexibility index (Phi) is 8.36. The van der Waals surface area contributed by atoms with E-state index in [9.17, 15) is 9.59 Å². The Hall–Kier alpha value is -4.30. The molecular formula is C32H36N6O2. The second-order valence-corrected chi connectivity index (χ2v) is 10.6. The van der Waals surface area contributed by atoms with E-state index in [4.69, 9.17) is 4.98 Å². The number of amides is 2. The Morgan fingerprint density at radius 3 is 2.70 bits per heavy atom. The number of likely N-dealkylation sites (tertiary alicyclic amines) is 1. The summed E-state index contributed by atoms with van der Waals surface area (Å²) in [7, 11) is 3.96. The molecule has 0 unspecified atom stereocenters. The van der Waals surface area contributed by atoms with Gasteiger partial charge in [-0.05, 0) is 64.0 Å². The standard InChI is InChI=1S/C32H36N6O2/c1-23-11-9-15-27-30(23)38(26-14-7-8-20-37(22-26)29(39)16-10-19-36(2)3)32(34-27)35-31(40)25-17-18-33-28(21-25)24-12-5-4-6-13-24/h4-6,9-13,15-18,21,26H,7-8,14,19-20,22H2,1-3H3,(H,34,35,40)/t26-/m1/s1. The first kappa shape index (κ1) is 27.3. The van der Waals surface area contributed by atoms with Crippen LogP contribution in [-0.2, 0) is 4.79 Å². The van der Waals surface area contributed by atoms with Gasteiger partial charge in [0.2, 0.25) is 11.9 Å². The molecule has 1 saturated heterocycles. The van der Waals surface area contributed by atoms with E-state index in [-0.39, 0.29) is 17.9 Å². The first-order valence-electron chi connectivity index (χ1n) is 13.8. The summed E-state index contributed by atoms with van der Waals surface area (Å²) in [5.74, 6) is 0.266. The minimum absolute atomic E-state index is 0.0192. The third-order valence-corrected chi connectivity index (χ3v) is 7.28. The number of hydrogen-bond donors (Lipinski definition) is 1. The number of carbonyl (C=O) groups excluding carboxylic acids is 2. The van der Waals surface area contributed by atoms with Gasteiger partial charge in [0.25, 0.3) is 5.91 Å². The minimum atomic E-state index is -0.248. The van der Waals surface area contributed by atoms with Crippen molar-refractivity contribution < 1.29 is 9.59 Å². The fourth-order valence-corrected chi connectivity index (χ4v) is 5.28. The summed E-state index contributed by atoms with van der Waals surface area (Å²) in [4.78, 5) is 39.9. The van der Waals surface area contributed by atoms with Crippen molar-refractivity contribution in [3.8, 4) is 11.3 Å². The number of benzene rings is 2. The van der Waals surface area contributed by atoms with Crippen molar-refractivity contribution in [2.75, 3.05) is 39.0 Å². The molecular weight excluding hydrogens is 500 g/mol. The number of hydrogen-bond acceptors (Lipinski definition) is 5. The molecule has 0 saturated carbocycles. The van der Waals surface area contributed by atoms with Gasteiger partial charge in [0.15, 0.2) is 0 Å². The number of carbonyl (C=O) groups is 2. The quantitative estimate of drug-likeness (QED) is 0.323. The smallest absolute Gasteiger partial charge is 0.258 e. The van der Waals surface area contributed by atoms with Crippen LogP contribution in [0.4, 0.5) is 5.95 Å². The van der Waals surface area contributed by atoms with Crippen LogP contribution in [0.5, 0.6) is 0 Å². The number of anilines is 1. The predicted molar refractivity (Wildman–Crippen MR) is 159 cm³/mol. The van der Waals surface area contributed by atoms with Gasteiger partial charge in [-0.3, -0.25) is 19.9 Å². The van der Waals surface area contributed by atoms with Gasteiger partial charge < -0.3 is 14.4 Å². The van der Waals surface area contributed by atoms with Gasteiger partial charge in [-0.15, -0.1) is 0 Å². The molecule has 1 aliphatic rings. The Balaban J connectivity index is 1.46. The second-order valence-electron chi connectivity index (χ2n) is 10.6. The molecule has 0 radical (unpaired) electrons. The van der Waals surface area contributed by atoms with E-state index in [2.05, 4.69) is 27.9 Å². The van der Waals surface area contributed by atoms with Gasteiger partial charge in [-0.2, -0.15) is 0 Å². The molecule has 2 amide bonds. The van der Waals surface area contributed by atoms with Crippen LogP contribution < -0.4 is 5.32 Å². The number of para-hydroxylation sites is 1. The Bertz CT molecular complexity index is 1530. The molecule has 4 aromatic rings. The average molecular weight is 537 g/mol. The van der Waals surface area contributed by atoms with Gasteiger partial charge in [0, 0.05) is 43.0 Å². The first-order valence-corrected chi connectivity index (χ1v) is 13.8. The largest absolute Gasteiger partial charge is 0.337 e. The third-order valence-electron chi connectivity index (χ3n) is 7.28. The lowest BCUT2D eigenvalue weighted by Crippen LogP contribution is -2.35. The molecule has 1 atom stereocenters. The van der Waals surface area contributed by atoms with Crippen LogP contribution in [0.15, 0.2) is 79.0 Å². The van der Waals surface area contributed by atoms with Crippen LogP contribution in [0.25, 0.3) is 22.3 Å². The molecule has 8 nitrogen and oxygen atoms in total. The fraction of sp³-hybridized carbons (Fsp3) is 0.312. The van der Waals surface area contributed by atoms with E-state index in [1.54, 1.807) is 24.4 Å². The zero-order valence-corrected chi connectivity index (χ0v) is 23.4. The highest BCUT2D eigenvalue weighted by Gasteiger charge is 2.27. The van der Waals surface area contributed by atoms with Crippen LogP contribution >= 0.6 is 0 Å². The molecule has 40 heavy (non-hydrogen) atoms. The molecule has 3 heterocycles. The minimum Gasteiger partial charge on any atom is -0.337 e. The lowest BCUT2D eigenvalue weighted by Gasteiger charge is -2.26. The number of likely N-dealkylation sites (N-methyl/N-ethyl adjacent to an activating group) is 1. The van der Waals surface area contributed by atoms with Gasteiger partial charge in [0.1, 0.15) is 0 Å². The van der Waals surface area contributed by atoms with E-state index in [1.165, 1.54) is 0 Å². The third kappa shape index (κ3) is 6.13. The highest BCUT2D eigenvalue weighted by atomic mass is 16.2. The molecule has 1 aliphatic heterocycles. The van der Waals surface area contributed by atoms with Crippen LogP contribution in [0.1, 0.15) is 41.2 Å². The predicted octanol–water partition coefficient (Wildman–Crippen LogP) is 5.33. The zero-order valence-electron chi connectivity index (χ0n) is 23.4. The highest BCUT2D eigenvalue weighted by molar-refractivity contribution is 6.04. The molecule has 0 aliphatic carbocycles. The number of rotatable bonds is 7. The zero-order chi connectivity index (χ0) is 28.1. The molecule has 1 N–H and O–H groups in total. The Morgan fingerprint density at radius 1 is 1.07 bits per heavy atom. The lowest BCUT2D eigenvalue weighted by molar-refractivity contribution is -0.126. The van der Waals surface area contributed by atoms with Crippen molar-refractivity contribution in [3.05, 3.63) is 90.1 Å². The summed E-state index contributed by atoms with van der Waals surface area (Å²) in [5.41, 5.74) is 5.07. The number of nitrogens with zero attached hydrogens (tertiary/aromatic N) is 5. The Morgan fingerprint density at radius 2 is 1.90 bits per heavy atom. The van der Waals surface area contributed by atoms with Crippen molar-refractivity contribution in [2.45, 2.75) is 32.2 Å². The normalized spacial score (nSPS) is 16.0. The first-order chi connectivity index (χ1) is 19.4. The number of imidazole rings is 1. The second kappa shape index (κ2) is 12.3. The molecule has 2 aromatic heterocycles. The number of fused-ring (bicyclic) bond motifs is 1. The topological polar surface area (TPSA) is 83.4 Å². The van der Waals surface area contributed by atoms with Crippen LogP contribution in [0.2, 0.25) is 0 Å². The van der Waals surface area contributed by atoms with Gasteiger partial charge in [0.05, 0.1) is 22.8 Å². The van der Waals surface area contributed by atoms with Crippen molar-refractivity contribution in [2.24, 2.45) is 0 Å². The molecule has 8 heteroatoms. The summed E-state index contributed by atoms with van der Waals surface area (Å²) < 4.78 is 2.14. The maximum Gasteiger partial charge on any atom is 0.258 e. The van der Waals surface area contributed by atoms with E-state index >= 15 is 0 Å². The lowest BCUT2D eigenvalue weighted by atomic mass is 10.1. The molecule has 1 fully saturated rings. The highest BCUT2D eigenvalue weighted by Crippen LogP contribution is 2.32. The van der Waals surface area contributed by atoms with Gasteiger partial charge >= 0.3 is 0 Å².